The molecule has 0 aliphatic carbocycles. The number of ether oxygens (including phenoxy) is 1. The molecular formula is C14H11Br2ClO3S. The van der Waals surface area contributed by atoms with Gasteiger partial charge in [-0.2, -0.15) is 0 Å². The van der Waals surface area contributed by atoms with Crippen LogP contribution >= 0.6 is 42.5 Å². The predicted octanol–water partition coefficient (Wildman–Crippen LogP) is 5.03. The van der Waals surface area contributed by atoms with Crippen molar-refractivity contribution in [3.8, 4) is 5.75 Å². The van der Waals surface area contributed by atoms with Gasteiger partial charge in [0.25, 0.3) is 9.05 Å². The lowest BCUT2D eigenvalue weighted by Crippen LogP contribution is -2.03. The van der Waals surface area contributed by atoms with E-state index in [0.29, 0.717) is 10.0 Å². The molecule has 0 heterocycles. The summed E-state index contributed by atoms with van der Waals surface area (Å²) in [6, 6.07) is 10.8. The highest BCUT2D eigenvalue weighted by atomic mass is 79.9. The van der Waals surface area contributed by atoms with Crippen LogP contribution in [0.3, 0.4) is 0 Å². The normalized spacial score (nSPS) is 11.4. The summed E-state index contributed by atoms with van der Waals surface area (Å²) in [5, 5.41) is 0. The maximum absolute atomic E-state index is 11.7. The van der Waals surface area contributed by atoms with Crippen molar-refractivity contribution < 1.29 is 13.2 Å². The van der Waals surface area contributed by atoms with Crippen LogP contribution in [-0.2, 0) is 15.7 Å². The first kappa shape index (κ1) is 16.8. The van der Waals surface area contributed by atoms with E-state index in [1.54, 1.807) is 13.0 Å². The standard InChI is InChI=1S/C14H11Br2ClO3S/c1-9-6-12(16)7-13(21(17,18)19)14(9)20-8-10-2-4-11(15)5-3-10/h2-7H,8H2,1H3. The second-order valence-corrected chi connectivity index (χ2v) is 8.77. The predicted molar refractivity (Wildman–Crippen MR) is 90.4 cm³/mol. The summed E-state index contributed by atoms with van der Waals surface area (Å²) in [7, 11) is 1.60. The average molecular weight is 455 g/mol. The van der Waals surface area contributed by atoms with Gasteiger partial charge >= 0.3 is 0 Å². The van der Waals surface area contributed by atoms with E-state index in [-0.39, 0.29) is 17.3 Å². The molecule has 0 radical (unpaired) electrons. The molecule has 0 fully saturated rings. The quantitative estimate of drug-likeness (QED) is 0.609. The molecule has 112 valence electrons. The van der Waals surface area contributed by atoms with Crippen molar-refractivity contribution in [3.05, 3.63) is 56.5 Å². The first-order valence-electron chi connectivity index (χ1n) is 5.89. The van der Waals surface area contributed by atoms with E-state index < -0.39 is 9.05 Å². The second-order valence-electron chi connectivity index (χ2n) is 4.40. The Morgan fingerprint density at radius 2 is 1.71 bits per heavy atom. The fraction of sp³-hybridized carbons (Fsp3) is 0.143. The third-order valence-electron chi connectivity index (χ3n) is 2.76. The molecule has 0 saturated carbocycles. The number of hydrogen-bond donors (Lipinski definition) is 0. The number of hydrogen-bond acceptors (Lipinski definition) is 3. The molecule has 2 aromatic carbocycles. The molecule has 2 aromatic rings. The summed E-state index contributed by atoms with van der Waals surface area (Å²) in [4.78, 5) is -0.0341. The molecule has 0 saturated heterocycles. The lowest BCUT2D eigenvalue weighted by atomic mass is 10.2. The van der Waals surface area contributed by atoms with Gasteiger partial charge in [0.15, 0.2) is 0 Å². The van der Waals surface area contributed by atoms with Crippen molar-refractivity contribution in [1.29, 1.82) is 0 Å². The zero-order chi connectivity index (χ0) is 15.6. The van der Waals surface area contributed by atoms with Gasteiger partial charge in [0.2, 0.25) is 0 Å². The molecule has 0 spiro atoms. The van der Waals surface area contributed by atoms with Crippen molar-refractivity contribution in [3.63, 3.8) is 0 Å². The molecule has 3 nitrogen and oxygen atoms in total. The van der Waals surface area contributed by atoms with Gasteiger partial charge < -0.3 is 4.74 Å². The summed E-state index contributed by atoms with van der Waals surface area (Å²) in [6.07, 6.45) is 0. The summed E-state index contributed by atoms with van der Waals surface area (Å²) in [5.41, 5.74) is 1.62. The third-order valence-corrected chi connectivity index (χ3v) is 5.08. The monoisotopic (exact) mass is 452 g/mol. The minimum absolute atomic E-state index is 0.0341. The molecule has 0 aromatic heterocycles. The Bertz CT molecular complexity index is 759. The molecule has 0 bridgehead atoms. The van der Waals surface area contributed by atoms with E-state index in [1.807, 2.05) is 24.3 Å². The molecule has 21 heavy (non-hydrogen) atoms. The topological polar surface area (TPSA) is 43.4 Å². The Balaban J connectivity index is 2.33. The van der Waals surface area contributed by atoms with Crippen LogP contribution in [0.5, 0.6) is 5.75 Å². The van der Waals surface area contributed by atoms with Gasteiger partial charge in [-0.15, -0.1) is 0 Å². The van der Waals surface area contributed by atoms with Gasteiger partial charge in [-0.05, 0) is 42.3 Å². The van der Waals surface area contributed by atoms with Crippen molar-refractivity contribution in [2.24, 2.45) is 0 Å². The Morgan fingerprint density at radius 1 is 1.10 bits per heavy atom. The SMILES string of the molecule is Cc1cc(Br)cc(S(=O)(=O)Cl)c1OCc1ccc(Br)cc1. The molecule has 7 heteroatoms. The van der Waals surface area contributed by atoms with E-state index in [1.165, 1.54) is 6.07 Å². The Kier molecular flexibility index (Phi) is 5.35. The molecule has 0 N–H and O–H groups in total. The Hall–Kier alpha value is -0.560. The fourth-order valence-electron chi connectivity index (χ4n) is 1.80. The van der Waals surface area contributed by atoms with E-state index in [2.05, 4.69) is 31.9 Å². The van der Waals surface area contributed by atoms with Gasteiger partial charge in [-0.1, -0.05) is 44.0 Å². The van der Waals surface area contributed by atoms with Crippen LogP contribution in [0.2, 0.25) is 0 Å². The lowest BCUT2D eigenvalue weighted by molar-refractivity contribution is 0.296. The van der Waals surface area contributed by atoms with Crippen LogP contribution in [0.1, 0.15) is 11.1 Å². The molecule has 0 amide bonds. The summed E-state index contributed by atoms with van der Waals surface area (Å²) in [6.45, 7) is 2.03. The molecular weight excluding hydrogens is 443 g/mol. The van der Waals surface area contributed by atoms with Crippen LogP contribution in [0, 0.1) is 6.92 Å². The maximum Gasteiger partial charge on any atom is 0.265 e. The lowest BCUT2D eigenvalue weighted by Gasteiger charge is -2.13. The minimum atomic E-state index is -3.88. The van der Waals surface area contributed by atoms with Crippen LogP contribution in [0.25, 0.3) is 0 Å². The van der Waals surface area contributed by atoms with Crippen molar-refractivity contribution in [2.75, 3.05) is 0 Å². The van der Waals surface area contributed by atoms with E-state index in [9.17, 15) is 8.42 Å². The zero-order valence-electron chi connectivity index (χ0n) is 10.9. The Labute approximate surface area is 144 Å². The highest BCUT2D eigenvalue weighted by Gasteiger charge is 2.20. The number of benzene rings is 2. The molecule has 0 aliphatic heterocycles. The van der Waals surface area contributed by atoms with Crippen molar-refractivity contribution in [1.82, 2.24) is 0 Å². The van der Waals surface area contributed by atoms with Crippen LogP contribution < -0.4 is 4.74 Å². The third kappa shape index (κ3) is 4.45. The highest BCUT2D eigenvalue weighted by Crippen LogP contribution is 2.34. The highest BCUT2D eigenvalue weighted by molar-refractivity contribution is 9.10. The van der Waals surface area contributed by atoms with E-state index >= 15 is 0 Å². The molecule has 0 unspecified atom stereocenters. The van der Waals surface area contributed by atoms with E-state index in [0.717, 1.165) is 10.0 Å². The first-order chi connectivity index (χ1) is 9.77. The average Bonchev–Trinajstić information content (AvgIpc) is 2.38. The van der Waals surface area contributed by atoms with Gasteiger partial charge in [0.05, 0.1) is 0 Å². The summed E-state index contributed by atoms with van der Waals surface area (Å²) < 4.78 is 30.6. The van der Waals surface area contributed by atoms with Crippen molar-refractivity contribution in [2.45, 2.75) is 18.4 Å². The van der Waals surface area contributed by atoms with Crippen LogP contribution in [0.4, 0.5) is 0 Å². The zero-order valence-corrected chi connectivity index (χ0v) is 15.7. The smallest absolute Gasteiger partial charge is 0.265 e. The number of rotatable bonds is 4. The van der Waals surface area contributed by atoms with Crippen molar-refractivity contribution >= 4 is 51.6 Å². The first-order valence-corrected chi connectivity index (χ1v) is 9.79. The summed E-state index contributed by atoms with van der Waals surface area (Å²) >= 11 is 6.62. The van der Waals surface area contributed by atoms with Gasteiger partial charge in [0, 0.05) is 19.6 Å². The van der Waals surface area contributed by atoms with E-state index in [4.69, 9.17) is 15.4 Å². The second kappa shape index (κ2) is 6.69. The van der Waals surface area contributed by atoms with Gasteiger partial charge in [0.1, 0.15) is 17.3 Å². The maximum atomic E-state index is 11.7. The summed E-state index contributed by atoms with van der Waals surface area (Å²) in [5.74, 6) is 0.274. The van der Waals surface area contributed by atoms with Gasteiger partial charge in [-0.3, -0.25) is 0 Å². The number of halogens is 3. The number of aryl methyl sites for hydroxylation is 1. The molecule has 2 rings (SSSR count). The van der Waals surface area contributed by atoms with Gasteiger partial charge in [-0.25, -0.2) is 8.42 Å². The minimum Gasteiger partial charge on any atom is -0.487 e. The van der Waals surface area contributed by atoms with Crippen LogP contribution in [-0.4, -0.2) is 8.42 Å². The molecule has 0 atom stereocenters. The molecule has 0 aliphatic rings. The largest absolute Gasteiger partial charge is 0.487 e. The van der Waals surface area contributed by atoms with Crippen LogP contribution in [0.15, 0.2) is 50.2 Å². The fourth-order valence-corrected chi connectivity index (χ4v) is 3.84. The Morgan fingerprint density at radius 3 is 2.29 bits per heavy atom.